The number of benzene rings is 1. The van der Waals surface area contributed by atoms with Gasteiger partial charge in [0.05, 0.1) is 42.5 Å². The van der Waals surface area contributed by atoms with E-state index in [-0.39, 0.29) is 56.4 Å². The van der Waals surface area contributed by atoms with Crippen molar-refractivity contribution >= 4 is 75.1 Å². The highest BCUT2D eigenvalue weighted by molar-refractivity contribution is 8.00. The number of thiazole rings is 1. The van der Waals surface area contributed by atoms with Crippen molar-refractivity contribution in [3.05, 3.63) is 45.1 Å². The Hall–Kier alpha value is -4.39. The highest BCUT2D eigenvalue weighted by Crippen LogP contribution is 2.49. The molecule has 4 saturated heterocycles. The second kappa shape index (κ2) is 13.9. The number of quaternary nitrogens is 1. The first-order valence-corrected chi connectivity index (χ1v) is 18.7. The van der Waals surface area contributed by atoms with Gasteiger partial charge in [0.2, 0.25) is 11.5 Å². The Balaban J connectivity index is 1.20. The number of aliphatic carboxylic acids is 2. The molecule has 0 spiro atoms. The average molecular weight is 778 g/mol. The fraction of sp³-hybridized carbons (Fsp3) is 0.485. The van der Waals surface area contributed by atoms with Crippen LogP contribution in [0.5, 0.6) is 11.5 Å². The summed E-state index contributed by atoms with van der Waals surface area (Å²) < 4.78 is 0.525. The SMILES string of the molecule is C[C@@H]1S[C@@H]2[C@H](CC(=O)/C(=N\OC(C)(C)C(=O)O)c3csc(N)n3)C(=O)N2C(C(=O)O)=C1C[N+]12CCC(CC1)N(C(=O)c1cc(O)c(O)c(Cl)c1)CC2. The van der Waals surface area contributed by atoms with Crippen LogP contribution < -0.4 is 5.73 Å². The zero-order valence-electron chi connectivity index (χ0n) is 28.4. The molecule has 1 aromatic carbocycles. The van der Waals surface area contributed by atoms with Crippen molar-refractivity contribution in [2.24, 2.45) is 11.1 Å². The summed E-state index contributed by atoms with van der Waals surface area (Å²) in [6.45, 7) is 7.03. The molecule has 16 nitrogen and oxygen atoms in total. The van der Waals surface area contributed by atoms with Gasteiger partial charge in [0, 0.05) is 47.1 Å². The highest BCUT2D eigenvalue weighted by atomic mass is 35.5. The molecule has 278 valence electrons. The van der Waals surface area contributed by atoms with Gasteiger partial charge >= 0.3 is 11.9 Å². The van der Waals surface area contributed by atoms with Crippen LogP contribution in [0.25, 0.3) is 0 Å². The predicted octanol–water partition coefficient (Wildman–Crippen LogP) is 2.73. The second-order valence-corrected chi connectivity index (χ2v) is 16.7. The summed E-state index contributed by atoms with van der Waals surface area (Å²) in [5.74, 6) is -5.93. The number of hydrogen-bond donors (Lipinski definition) is 5. The maximum atomic E-state index is 13.7. The summed E-state index contributed by atoms with van der Waals surface area (Å²) in [7, 11) is 0. The quantitative estimate of drug-likeness (QED) is 0.0727. The van der Waals surface area contributed by atoms with Crippen LogP contribution in [0.2, 0.25) is 5.02 Å². The van der Waals surface area contributed by atoms with Gasteiger partial charge in [0.15, 0.2) is 28.1 Å². The maximum absolute atomic E-state index is 13.7. The van der Waals surface area contributed by atoms with Crippen molar-refractivity contribution < 1.29 is 53.7 Å². The van der Waals surface area contributed by atoms with Crippen LogP contribution in [0.3, 0.4) is 0 Å². The first-order valence-electron chi connectivity index (χ1n) is 16.5. The van der Waals surface area contributed by atoms with E-state index < -0.39 is 52.0 Å². The van der Waals surface area contributed by atoms with Gasteiger partial charge in [-0.25, -0.2) is 14.6 Å². The Bertz CT molecular complexity index is 1900. The summed E-state index contributed by atoms with van der Waals surface area (Å²) in [5.41, 5.74) is 4.42. The number of thioether (sulfide) groups is 1. The predicted molar refractivity (Wildman–Crippen MR) is 190 cm³/mol. The number of nitrogens with two attached hydrogens (primary N) is 1. The molecule has 6 N–H and O–H groups in total. The molecule has 0 radical (unpaired) electrons. The van der Waals surface area contributed by atoms with Gasteiger partial charge in [-0.3, -0.25) is 19.3 Å². The number of ketones is 1. The van der Waals surface area contributed by atoms with Crippen LogP contribution in [-0.2, 0) is 24.0 Å². The lowest BCUT2D eigenvalue weighted by Crippen LogP contribution is -2.64. The number of anilines is 1. The van der Waals surface area contributed by atoms with Gasteiger partial charge < -0.3 is 40.4 Å². The molecular formula is C33H38ClN6O10S2+. The molecule has 52 heavy (non-hydrogen) atoms. The number of rotatable bonds is 11. The van der Waals surface area contributed by atoms with Gasteiger partial charge in [-0.15, -0.1) is 23.1 Å². The normalized spacial score (nSPS) is 26.1. The van der Waals surface area contributed by atoms with E-state index >= 15 is 0 Å². The number of carbonyl (C=O) groups excluding carboxylic acids is 3. The van der Waals surface area contributed by atoms with Crippen molar-refractivity contribution in [3.8, 4) is 11.5 Å². The molecular weight excluding hydrogens is 740 g/mol. The number of aromatic hydroxyl groups is 2. The van der Waals surface area contributed by atoms with Crippen LogP contribution in [0.1, 0.15) is 56.1 Å². The number of carboxylic acids is 2. The molecule has 6 heterocycles. The van der Waals surface area contributed by atoms with Gasteiger partial charge in [-0.1, -0.05) is 16.8 Å². The lowest BCUT2D eigenvalue weighted by molar-refractivity contribution is -0.925. The summed E-state index contributed by atoms with van der Waals surface area (Å²) in [6, 6.07) is 2.44. The van der Waals surface area contributed by atoms with Crippen molar-refractivity contribution in [3.63, 3.8) is 0 Å². The number of phenolic OH excluding ortho intramolecular Hbond substituents is 2. The van der Waals surface area contributed by atoms with Crippen LogP contribution in [-0.4, -0.2) is 130 Å². The third-order valence-corrected chi connectivity index (χ3v) is 12.7. The van der Waals surface area contributed by atoms with Crippen LogP contribution in [0.15, 0.2) is 33.9 Å². The third-order valence-electron chi connectivity index (χ3n) is 10.2. The Morgan fingerprint density at radius 1 is 1.15 bits per heavy atom. The average Bonchev–Trinajstić information content (AvgIpc) is 3.33. The number of nitrogens with zero attached hydrogens (tertiary/aromatic N) is 5. The number of Topliss-reactive ketones (excluding diaryl/α,β-unsaturated/α-hetero) is 1. The minimum absolute atomic E-state index is 0.0656. The number of nitrogen functional groups attached to an aromatic ring is 1. The van der Waals surface area contributed by atoms with E-state index in [9.17, 15) is 44.4 Å². The molecule has 3 atom stereocenters. The molecule has 0 saturated carbocycles. The molecule has 19 heteroatoms. The fourth-order valence-electron chi connectivity index (χ4n) is 7.20. The molecule has 2 bridgehead atoms. The number of oxime groups is 1. The Labute approximate surface area is 311 Å². The minimum Gasteiger partial charge on any atom is -0.504 e. The monoisotopic (exact) mass is 777 g/mol. The van der Waals surface area contributed by atoms with Crippen LogP contribution in [0.4, 0.5) is 5.13 Å². The fourth-order valence-corrected chi connectivity index (χ4v) is 9.46. The first-order chi connectivity index (χ1) is 24.4. The zero-order chi connectivity index (χ0) is 37.9. The molecule has 2 aromatic rings. The van der Waals surface area contributed by atoms with Gasteiger partial charge in [-0.05, 0) is 32.9 Å². The van der Waals surface area contributed by atoms with E-state index in [1.54, 1.807) is 4.90 Å². The molecule has 4 fully saturated rings. The summed E-state index contributed by atoms with van der Waals surface area (Å²) in [5, 5.41) is 44.2. The number of phenols is 2. The second-order valence-electron chi connectivity index (χ2n) is 13.9. The smallest absolute Gasteiger partial charge is 0.352 e. The topological polar surface area (TPSA) is 233 Å². The Morgan fingerprint density at radius 3 is 2.44 bits per heavy atom. The first kappa shape index (κ1) is 37.4. The summed E-state index contributed by atoms with van der Waals surface area (Å²) in [4.78, 5) is 77.6. The largest absolute Gasteiger partial charge is 0.504 e. The highest BCUT2D eigenvalue weighted by Gasteiger charge is 2.57. The third kappa shape index (κ3) is 6.79. The number of piperidine rings is 1. The van der Waals surface area contributed by atoms with Gasteiger partial charge in [-0.2, -0.15) is 0 Å². The van der Waals surface area contributed by atoms with E-state index in [1.165, 1.54) is 48.0 Å². The van der Waals surface area contributed by atoms with Crippen molar-refractivity contribution in [1.82, 2.24) is 14.8 Å². The van der Waals surface area contributed by atoms with Crippen LogP contribution >= 0.6 is 34.7 Å². The van der Waals surface area contributed by atoms with Crippen LogP contribution in [0, 0.1) is 5.92 Å². The van der Waals surface area contributed by atoms with Gasteiger partial charge in [0.25, 0.3) is 5.91 Å². The molecule has 1 aromatic heterocycles. The number of halogens is 1. The van der Waals surface area contributed by atoms with Crippen molar-refractivity contribution in [2.45, 2.75) is 62.3 Å². The Kier molecular flexibility index (Phi) is 9.97. The standard InChI is InChI=1S/C33H37ClN6O10S2/c1-15-19(13-40-7-4-17(5-8-40)38(6-9-40)27(44)16-10-20(34)26(43)23(42)11-16)25(30(46)47)39-28(45)18(29(39)52-15)12-22(41)24(21-14-51-32(35)36-21)37-50-33(2,3)31(48)49/h10-11,14-15,17-18,29H,4-9,12-13H2,1-3H3,(H5-,35,36,37,41,42,43,44,46,47,48,49)/p+1/t15-,17?,18+,29+,40?/m0/s1. The number of amides is 2. The number of aromatic nitrogens is 1. The number of fused-ring (bicyclic) bond motifs is 5. The van der Waals surface area contributed by atoms with E-state index in [0.717, 1.165) is 11.3 Å². The lowest BCUT2D eigenvalue weighted by Gasteiger charge is -2.52. The van der Waals surface area contributed by atoms with E-state index in [2.05, 4.69) is 10.1 Å². The van der Waals surface area contributed by atoms with E-state index in [0.29, 0.717) is 55.6 Å². The van der Waals surface area contributed by atoms with E-state index in [1.807, 2.05) is 6.92 Å². The minimum atomic E-state index is -1.77. The molecule has 2 amide bonds. The maximum Gasteiger partial charge on any atom is 0.352 e. The number of carboxylic acid groups (broad SMARTS) is 2. The summed E-state index contributed by atoms with van der Waals surface area (Å²) in [6.07, 6.45) is 0.987. The summed E-state index contributed by atoms with van der Waals surface area (Å²) >= 11 is 8.46. The lowest BCUT2D eigenvalue weighted by atomic mass is 9.88. The molecule has 5 aliphatic heterocycles. The number of β-lactam (4-membered cyclic amide) rings is 1. The molecule has 7 rings (SSSR count). The van der Waals surface area contributed by atoms with Crippen molar-refractivity contribution in [2.75, 3.05) is 38.5 Å². The molecule has 0 aliphatic carbocycles. The number of hydrogen-bond acceptors (Lipinski definition) is 13. The van der Waals surface area contributed by atoms with E-state index in [4.69, 9.17) is 22.2 Å². The van der Waals surface area contributed by atoms with Gasteiger partial charge in [0.1, 0.15) is 17.9 Å². The Morgan fingerprint density at radius 2 is 1.85 bits per heavy atom. The number of carbonyl (C=O) groups is 5. The zero-order valence-corrected chi connectivity index (χ0v) is 30.8. The molecule has 0 unspecified atom stereocenters. The molecule has 5 aliphatic rings. The van der Waals surface area contributed by atoms with Crippen molar-refractivity contribution in [1.29, 1.82) is 0 Å².